The summed E-state index contributed by atoms with van der Waals surface area (Å²) >= 11 is 5.73. The highest BCUT2D eigenvalue weighted by atomic mass is 35.5. The molecule has 0 amide bonds. The number of hydrogen-bond donors (Lipinski definition) is 0. The molecule has 0 saturated carbocycles. The summed E-state index contributed by atoms with van der Waals surface area (Å²) in [7, 11) is -1.39. The third kappa shape index (κ3) is 3.01. The number of sulfonamides is 1. The lowest BCUT2D eigenvalue weighted by Crippen LogP contribution is -2.58. The summed E-state index contributed by atoms with van der Waals surface area (Å²) in [4.78, 5) is 2.53. The monoisotopic (exact) mass is 316 g/mol. The molecule has 1 heterocycles. The second-order valence-electron chi connectivity index (χ2n) is 5.85. The molecule has 0 unspecified atom stereocenters. The van der Waals surface area contributed by atoms with Crippen LogP contribution in [0.1, 0.15) is 19.4 Å². The molecule has 6 heteroatoms. The predicted octanol–water partition coefficient (Wildman–Crippen LogP) is 2.14. The van der Waals surface area contributed by atoms with Gasteiger partial charge < -0.3 is 0 Å². The maximum Gasteiger partial charge on any atom is 0.243 e. The summed E-state index contributed by atoms with van der Waals surface area (Å²) in [6.07, 6.45) is 0. The molecule has 1 aliphatic heterocycles. The number of nitrogens with zero attached hydrogens (tertiary/aromatic N) is 2. The van der Waals surface area contributed by atoms with Crippen molar-refractivity contribution < 1.29 is 8.42 Å². The van der Waals surface area contributed by atoms with Crippen molar-refractivity contribution in [2.45, 2.75) is 30.2 Å². The molecule has 1 aliphatic rings. The Labute approximate surface area is 126 Å². The molecule has 112 valence electrons. The lowest BCUT2D eigenvalue weighted by atomic mass is 10.0. The molecule has 0 spiro atoms. The highest BCUT2D eigenvalue weighted by Crippen LogP contribution is 2.25. The smallest absolute Gasteiger partial charge is 0.243 e. The Balaban J connectivity index is 2.26. The van der Waals surface area contributed by atoms with Crippen LogP contribution in [0.5, 0.6) is 0 Å². The van der Waals surface area contributed by atoms with Gasteiger partial charge in [-0.3, -0.25) is 4.90 Å². The van der Waals surface area contributed by atoms with Crippen molar-refractivity contribution in [1.82, 2.24) is 9.21 Å². The Morgan fingerprint density at radius 3 is 2.30 bits per heavy atom. The van der Waals surface area contributed by atoms with Crippen LogP contribution in [0.15, 0.2) is 29.2 Å². The molecule has 4 nitrogen and oxygen atoms in total. The molecule has 0 atom stereocenters. The van der Waals surface area contributed by atoms with Crippen LogP contribution in [-0.2, 0) is 15.9 Å². The fraction of sp³-hybridized carbons (Fsp3) is 0.571. The Hall–Kier alpha value is -0.620. The molecule has 2 rings (SSSR count). The molecule has 1 saturated heterocycles. The van der Waals surface area contributed by atoms with Crippen molar-refractivity contribution in [3.8, 4) is 0 Å². The summed E-state index contributed by atoms with van der Waals surface area (Å²) in [6, 6.07) is 6.80. The zero-order valence-corrected chi connectivity index (χ0v) is 13.7. The van der Waals surface area contributed by atoms with E-state index in [1.165, 1.54) is 0 Å². The molecule has 0 aromatic heterocycles. The number of rotatable bonds is 3. The SMILES string of the molecule is CN1CCN(S(=O)(=O)c2ccc(CCl)cc2)CC1(C)C. The van der Waals surface area contributed by atoms with E-state index in [9.17, 15) is 8.42 Å². The van der Waals surface area contributed by atoms with E-state index in [4.69, 9.17) is 11.6 Å². The van der Waals surface area contributed by atoms with Gasteiger partial charge in [0.1, 0.15) is 0 Å². The van der Waals surface area contributed by atoms with Crippen LogP contribution in [0, 0.1) is 0 Å². The van der Waals surface area contributed by atoms with Gasteiger partial charge in [0.05, 0.1) is 4.90 Å². The second kappa shape index (κ2) is 5.64. The lowest BCUT2D eigenvalue weighted by molar-refractivity contribution is 0.0801. The number of alkyl halides is 1. The average Bonchev–Trinajstić information content (AvgIpc) is 2.41. The number of halogens is 1. The van der Waals surface area contributed by atoms with Crippen LogP contribution in [0.4, 0.5) is 0 Å². The molecule has 1 aromatic carbocycles. The first-order valence-electron chi connectivity index (χ1n) is 6.64. The quantitative estimate of drug-likeness (QED) is 0.802. The van der Waals surface area contributed by atoms with E-state index in [1.807, 2.05) is 7.05 Å². The number of likely N-dealkylation sites (N-methyl/N-ethyl adjacent to an activating group) is 1. The van der Waals surface area contributed by atoms with Crippen LogP contribution in [0.3, 0.4) is 0 Å². The van der Waals surface area contributed by atoms with Crippen LogP contribution in [-0.4, -0.2) is 49.8 Å². The average molecular weight is 317 g/mol. The fourth-order valence-electron chi connectivity index (χ4n) is 2.30. The largest absolute Gasteiger partial charge is 0.299 e. The zero-order valence-electron chi connectivity index (χ0n) is 12.1. The van der Waals surface area contributed by atoms with E-state index in [2.05, 4.69) is 18.7 Å². The third-order valence-electron chi connectivity index (χ3n) is 4.00. The van der Waals surface area contributed by atoms with E-state index in [-0.39, 0.29) is 5.54 Å². The minimum absolute atomic E-state index is 0.151. The summed E-state index contributed by atoms with van der Waals surface area (Å²) in [6.45, 7) is 5.89. The highest BCUT2D eigenvalue weighted by Gasteiger charge is 2.37. The van der Waals surface area contributed by atoms with Gasteiger partial charge in [-0.25, -0.2) is 8.42 Å². The van der Waals surface area contributed by atoms with Gasteiger partial charge in [0.15, 0.2) is 0 Å². The number of piperazine rings is 1. The third-order valence-corrected chi connectivity index (χ3v) is 6.16. The van der Waals surface area contributed by atoms with Gasteiger partial charge in [-0.15, -0.1) is 11.6 Å². The van der Waals surface area contributed by atoms with Gasteiger partial charge in [0.25, 0.3) is 0 Å². The van der Waals surface area contributed by atoms with Crippen molar-refractivity contribution in [3.05, 3.63) is 29.8 Å². The van der Waals surface area contributed by atoms with Gasteiger partial charge in [-0.05, 0) is 38.6 Å². The van der Waals surface area contributed by atoms with Crippen LogP contribution < -0.4 is 0 Å². The minimum atomic E-state index is -3.42. The molecular weight excluding hydrogens is 296 g/mol. The first-order chi connectivity index (χ1) is 9.27. The van der Waals surface area contributed by atoms with E-state index in [0.29, 0.717) is 23.9 Å². The van der Waals surface area contributed by atoms with Crippen molar-refractivity contribution >= 4 is 21.6 Å². The minimum Gasteiger partial charge on any atom is -0.299 e. The summed E-state index contributed by atoms with van der Waals surface area (Å²) < 4.78 is 26.9. The second-order valence-corrected chi connectivity index (χ2v) is 8.06. The van der Waals surface area contributed by atoms with E-state index in [0.717, 1.165) is 12.1 Å². The molecule has 0 aliphatic carbocycles. The van der Waals surface area contributed by atoms with Crippen molar-refractivity contribution in [2.75, 3.05) is 26.7 Å². The maximum absolute atomic E-state index is 12.7. The normalized spacial score (nSPS) is 21.0. The Morgan fingerprint density at radius 1 is 1.20 bits per heavy atom. The standard InChI is InChI=1S/C14H21ClN2O2S/c1-14(2)11-17(9-8-16(14)3)20(18,19)13-6-4-12(10-15)5-7-13/h4-7H,8-11H2,1-3H3. The molecule has 0 N–H and O–H groups in total. The molecule has 20 heavy (non-hydrogen) atoms. The first-order valence-corrected chi connectivity index (χ1v) is 8.61. The molecule has 0 radical (unpaired) electrons. The molecular formula is C14H21ClN2O2S. The lowest BCUT2D eigenvalue weighted by Gasteiger charge is -2.44. The Morgan fingerprint density at radius 2 is 1.80 bits per heavy atom. The highest BCUT2D eigenvalue weighted by molar-refractivity contribution is 7.89. The Kier molecular flexibility index (Phi) is 4.44. The van der Waals surface area contributed by atoms with Gasteiger partial charge in [-0.1, -0.05) is 12.1 Å². The van der Waals surface area contributed by atoms with E-state index in [1.54, 1.807) is 28.6 Å². The van der Waals surface area contributed by atoms with Crippen molar-refractivity contribution in [3.63, 3.8) is 0 Å². The van der Waals surface area contributed by atoms with Crippen LogP contribution >= 0.6 is 11.6 Å². The number of hydrogen-bond acceptors (Lipinski definition) is 3. The first kappa shape index (κ1) is 15.8. The van der Waals surface area contributed by atoms with E-state index >= 15 is 0 Å². The summed E-state index contributed by atoms with van der Waals surface area (Å²) in [5, 5.41) is 0. The summed E-state index contributed by atoms with van der Waals surface area (Å²) in [5.41, 5.74) is 0.769. The van der Waals surface area contributed by atoms with Gasteiger partial charge >= 0.3 is 0 Å². The van der Waals surface area contributed by atoms with E-state index < -0.39 is 10.0 Å². The summed E-state index contributed by atoms with van der Waals surface area (Å²) in [5.74, 6) is 0.391. The van der Waals surface area contributed by atoms with Gasteiger partial charge in [-0.2, -0.15) is 4.31 Å². The Bertz CT molecular complexity index is 569. The molecule has 1 aromatic rings. The maximum atomic E-state index is 12.7. The van der Waals surface area contributed by atoms with Gasteiger partial charge in [0, 0.05) is 31.1 Å². The zero-order chi connectivity index (χ0) is 15.0. The molecule has 1 fully saturated rings. The fourth-order valence-corrected chi connectivity index (χ4v) is 4.06. The van der Waals surface area contributed by atoms with Crippen molar-refractivity contribution in [2.24, 2.45) is 0 Å². The predicted molar refractivity (Wildman–Crippen MR) is 81.5 cm³/mol. The van der Waals surface area contributed by atoms with Gasteiger partial charge in [0.2, 0.25) is 10.0 Å². The molecule has 0 bridgehead atoms. The number of benzene rings is 1. The van der Waals surface area contributed by atoms with Crippen LogP contribution in [0.25, 0.3) is 0 Å². The topological polar surface area (TPSA) is 40.6 Å². The van der Waals surface area contributed by atoms with Crippen LogP contribution in [0.2, 0.25) is 0 Å². The van der Waals surface area contributed by atoms with Crippen molar-refractivity contribution in [1.29, 1.82) is 0 Å².